The van der Waals surface area contributed by atoms with E-state index in [1.807, 2.05) is 12.1 Å². The number of amides is 1. The highest BCUT2D eigenvalue weighted by molar-refractivity contribution is 6.05. The van der Waals surface area contributed by atoms with Gasteiger partial charge in [-0.05, 0) is 60.9 Å². The number of hydrogen-bond donors (Lipinski definition) is 1. The topological polar surface area (TPSA) is 108 Å². The standard InChI is InChI=1S/C25H23N3O5/c1-4-32-23-11-9-18(13-21(23)28(30)31)24(29)26-19-10-12-22-20(14-19)27-25(33-22)17-7-5-16(6-8-17)15(2)3/h5-15H,4H2,1-3H3,(H,26,29). The van der Waals surface area contributed by atoms with Crippen LogP contribution in [0, 0.1) is 10.1 Å². The summed E-state index contributed by atoms with van der Waals surface area (Å²) in [7, 11) is 0. The van der Waals surface area contributed by atoms with Gasteiger partial charge in [0.1, 0.15) is 5.52 Å². The van der Waals surface area contributed by atoms with Gasteiger partial charge in [-0.15, -0.1) is 0 Å². The number of ether oxygens (including phenoxy) is 1. The Kier molecular flexibility index (Phi) is 6.08. The van der Waals surface area contributed by atoms with Crippen molar-refractivity contribution < 1.29 is 18.9 Å². The molecule has 0 aliphatic carbocycles. The highest BCUT2D eigenvalue weighted by atomic mass is 16.6. The zero-order chi connectivity index (χ0) is 23.5. The molecule has 8 nitrogen and oxygen atoms in total. The number of hydrogen-bond acceptors (Lipinski definition) is 6. The lowest BCUT2D eigenvalue weighted by Gasteiger charge is -2.07. The Hall–Kier alpha value is -4.20. The van der Waals surface area contributed by atoms with Crippen molar-refractivity contribution in [1.82, 2.24) is 4.98 Å². The molecule has 0 saturated heterocycles. The van der Waals surface area contributed by atoms with E-state index >= 15 is 0 Å². The Labute approximate surface area is 190 Å². The highest BCUT2D eigenvalue weighted by Gasteiger charge is 2.19. The molecule has 8 heteroatoms. The molecule has 4 rings (SSSR count). The summed E-state index contributed by atoms with van der Waals surface area (Å²) < 4.78 is 11.1. The van der Waals surface area contributed by atoms with Crippen LogP contribution in [0.2, 0.25) is 0 Å². The number of aromatic nitrogens is 1. The summed E-state index contributed by atoms with van der Waals surface area (Å²) in [5.74, 6) is 0.571. The number of fused-ring (bicyclic) bond motifs is 1. The molecule has 0 atom stereocenters. The minimum Gasteiger partial charge on any atom is -0.487 e. The number of anilines is 1. The molecule has 4 aromatic rings. The molecule has 1 amide bonds. The predicted octanol–water partition coefficient (Wildman–Crippen LogP) is 6.18. The van der Waals surface area contributed by atoms with E-state index in [0.29, 0.717) is 28.6 Å². The number of carbonyl (C=O) groups excluding carboxylic acids is 1. The first-order valence-corrected chi connectivity index (χ1v) is 10.6. The van der Waals surface area contributed by atoms with Crippen LogP contribution in [-0.2, 0) is 0 Å². The fourth-order valence-corrected chi connectivity index (χ4v) is 3.42. The molecule has 1 aromatic heterocycles. The van der Waals surface area contributed by atoms with E-state index in [2.05, 4.69) is 36.3 Å². The van der Waals surface area contributed by atoms with Crippen molar-refractivity contribution in [2.24, 2.45) is 0 Å². The quantitative estimate of drug-likeness (QED) is 0.269. The van der Waals surface area contributed by atoms with Crippen LogP contribution >= 0.6 is 0 Å². The van der Waals surface area contributed by atoms with Crippen LogP contribution in [0.5, 0.6) is 5.75 Å². The van der Waals surface area contributed by atoms with Crippen molar-refractivity contribution in [2.45, 2.75) is 26.7 Å². The van der Waals surface area contributed by atoms with Gasteiger partial charge in [0.15, 0.2) is 11.3 Å². The Morgan fingerprint density at radius 1 is 1.12 bits per heavy atom. The van der Waals surface area contributed by atoms with Gasteiger partial charge >= 0.3 is 5.69 Å². The van der Waals surface area contributed by atoms with Gasteiger partial charge < -0.3 is 14.5 Å². The number of carbonyl (C=O) groups is 1. The fraction of sp³-hybridized carbons (Fsp3) is 0.200. The van der Waals surface area contributed by atoms with E-state index in [0.717, 1.165) is 5.56 Å². The highest BCUT2D eigenvalue weighted by Crippen LogP contribution is 2.30. The van der Waals surface area contributed by atoms with Crippen LogP contribution < -0.4 is 10.1 Å². The number of nitrogens with zero attached hydrogens (tertiary/aromatic N) is 2. The lowest BCUT2D eigenvalue weighted by atomic mass is 10.0. The van der Waals surface area contributed by atoms with Crippen LogP contribution in [0.4, 0.5) is 11.4 Å². The van der Waals surface area contributed by atoms with Crippen molar-refractivity contribution in [3.05, 3.63) is 81.9 Å². The fourth-order valence-electron chi connectivity index (χ4n) is 3.42. The number of benzene rings is 3. The predicted molar refractivity (Wildman–Crippen MR) is 126 cm³/mol. The monoisotopic (exact) mass is 445 g/mol. The van der Waals surface area contributed by atoms with E-state index in [1.54, 1.807) is 25.1 Å². The van der Waals surface area contributed by atoms with Crippen LogP contribution in [0.15, 0.2) is 65.1 Å². The SMILES string of the molecule is CCOc1ccc(C(=O)Nc2ccc3oc(-c4ccc(C(C)C)cc4)nc3c2)cc1[N+](=O)[O-]. The van der Waals surface area contributed by atoms with Gasteiger partial charge in [0.2, 0.25) is 5.89 Å². The van der Waals surface area contributed by atoms with Crippen molar-refractivity contribution in [1.29, 1.82) is 0 Å². The van der Waals surface area contributed by atoms with Crippen molar-refractivity contribution in [3.63, 3.8) is 0 Å². The molecule has 0 aliphatic rings. The van der Waals surface area contributed by atoms with Gasteiger partial charge in [-0.3, -0.25) is 14.9 Å². The summed E-state index contributed by atoms with van der Waals surface area (Å²) in [4.78, 5) is 28.0. The third-order valence-corrected chi connectivity index (χ3v) is 5.19. The first kappa shape index (κ1) is 22.0. The van der Waals surface area contributed by atoms with Gasteiger partial charge in [-0.1, -0.05) is 26.0 Å². The van der Waals surface area contributed by atoms with E-state index in [9.17, 15) is 14.9 Å². The number of rotatable bonds is 7. The minimum atomic E-state index is -0.571. The molecule has 168 valence electrons. The van der Waals surface area contributed by atoms with Crippen molar-refractivity contribution in [3.8, 4) is 17.2 Å². The summed E-state index contributed by atoms with van der Waals surface area (Å²) >= 11 is 0. The lowest BCUT2D eigenvalue weighted by molar-refractivity contribution is -0.385. The summed E-state index contributed by atoms with van der Waals surface area (Å²) in [6.07, 6.45) is 0. The van der Waals surface area contributed by atoms with Gasteiger partial charge in [-0.2, -0.15) is 0 Å². The molecule has 0 fully saturated rings. The second-order valence-corrected chi connectivity index (χ2v) is 7.80. The van der Waals surface area contributed by atoms with Crippen molar-refractivity contribution in [2.75, 3.05) is 11.9 Å². The number of nitro groups is 1. The maximum atomic E-state index is 12.7. The smallest absolute Gasteiger partial charge is 0.311 e. The summed E-state index contributed by atoms with van der Waals surface area (Å²) in [5, 5.41) is 14.1. The summed E-state index contributed by atoms with van der Waals surface area (Å²) in [6.45, 7) is 6.29. The second kappa shape index (κ2) is 9.12. The number of nitro benzene ring substituents is 1. The Bertz CT molecular complexity index is 1330. The number of oxazole rings is 1. The molecule has 33 heavy (non-hydrogen) atoms. The molecular formula is C25H23N3O5. The zero-order valence-electron chi connectivity index (χ0n) is 18.5. The molecule has 1 N–H and O–H groups in total. The van der Waals surface area contributed by atoms with Gasteiger partial charge in [0.05, 0.1) is 11.5 Å². The van der Waals surface area contributed by atoms with E-state index in [4.69, 9.17) is 9.15 Å². The molecule has 0 unspecified atom stereocenters. The first-order chi connectivity index (χ1) is 15.9. The summed E-state index contributed by atoms with van der Waals surface area (Å²) in [6, 6.07) is 17.3. The normalized spacial score (nSPS) is 11.0. The maximum Gasteiger partial charge on any atom is 0.311 e. The number of nitrogens with one attached hydrogen (secondary N) is 1. The Morgan fingerprint density at radius 3 is 2.55 bits per heavy atom. The summed E-state index contributed by atoms with van der Waals surface area (Å²) in [5.41, 5.74) is 3.67. The molecule has 0 aliphatic heterocycles. The Morgan fingerprint density at radius 2 is 1.88 bits per heavy atom. The first-order valence-electron chi connectivity index (χ1n) is 10.6. The van der Waals surface area contributed by atoms with E-state index < -0.39 is 10.8 Å². The molecular weight excluding hydrogens is 422 g/mol. The van der Waals surface area contributed by atoms with Crippen LogP contribution in [0.3, 0.4) is 0 Å². The third kappa shape index (κ3) is 4.69. The van der Waals surface area contributed by atoms with Crippen LogP contribution in [0.1, 0.15) is 42.6 Å². The third-order valence-electron chi connectivity index (χ3n) is 5.19. The van der Waals surface area contributed by atoms with Crippen molar-refractivity contribution >= 4 is 28.4 Å². The minimum absolute atomic E-state index is 0.122. The van der Waals surface area contributed by atoms with Crippen LogP contribution in [0.25, 0.3) is 22.6 Å². The van der Waals surface area contributed by atoms with Gasteiger partial charge in [-0.25, -0.2) is 4.98 Å². The largest absolute Gasteiger partial charge is 0.487 e. The zero-order valence-corrected chi connectivity index (χ0v) is 18.5. The Balaban J connectivity index is 1.56. The van der Waals surface area contributed by atoms with Crippen LogP contribution in [-0.4, -0.2) is 22.4 Å². The molecule has 0 radical (unpaired) electrons. The molecule has 1 heterocycles. The average Bonchev–Trinajstić information content (AvgIpc) is 3.23. The maximum absolute atomic E-state index is 12.7. The molecule has 3 aromatic carbocycles. The molecule has 0 saturated carbocycles. The molecule has 0 bridgehead atoms. The second-order valence-electron chi connectivity index (χ2n) is 7.80. The van der Waals surface area contributed by atoms with E-state index in [1.165, 1.54) is 23.8 Å². The van der Waals surface area contributed by atoms with Gasteiger partial charge in [0, 0.05) is 22.9 Å². The lowest BCUT2D eigenvalue weighted by Crippen LogP contribution is -2.12. The van der Waals surface area contributed by atoms with Gasteiger partial charge in [0.25, 0.3) is 5.91 Å². The average molecular weight is 445 g/mol. The molecule has 0 spiro atoms. The van der Waals surface area contributed by atoms with E-state index in [-0.39, 0.29) is 23.6 Å².